The van der Waals surface area contributed by atoms with E-state index in [2.05, 4.69) is 5.10 Å². The van der Waals surface area contributed by atoms with Gasteiger partial charge in [0.25, 0.3) is 0 Å². The lowest BCUT2D eigenvalue weighted by Gasteiger charge is -2.21. The average Bonchev–Trinajstić information content (AvgIpc) is 2.66. The van der Waals surface area contributed by atoms with Gasteiger partial charge in [-0.15, -0.1) is 5.10 Å². The molecular weight excluding hydrogens is 242 g/mol. The molecule has 0 fully saturated rings. The molecule has 0 aliphatic carbocycles. The van der Waals surface area contributed by atoms with E-state index in [0.29, 0.717) is 12.4 Å². The van der Waals surface area contributed by atoms with Crippen LogP contribution in [-0.2, 0) is 4.74 Å². The van der Waals surface area contributed by atoms with Gasteiger partial charge in [-0.25, -0.2) is 4.79 Å². The van der Waals surface area contributed by atoms with Gasteiger partial charge in [-0.1, -0.05) is 18.2 Å². The van der Waals surface area contributed by atoms with Crippen molar-refractivity contribution in [3.63, 3.8) is 0 Å². The predicted octanol–water partition coefficient (Wildman–Crippen LogP) is 2.54. The Kier molecular flexibility index (Phi) is 3.46. The summed E-state index contributed by atoms with van der Waals surface area (Å²) in [5.74, 6) is 0.454. The molecule has 1 aromatic carbocycles. The van der Waals surface area contributed by atoms with E-state index >= 15 is 0 Å². The number of carbonyl (C=O) groups excluding carboxylic acids is 1. The minimum atomic E-state index is -0.401. The largest absolute Gasteiger partial charge is 0.415 e. The van der Waals surface area contributed by atoms with Crippen molar-refractivity contribution in [2.24, 2.45) is 10.5 Å². The van der Waals surface area contributed by atoms with Gasteiger partial charge in [0, 0.05) is 14.1 Å². The van der Waals surface area contributed by atoms with Crippen molar-refractivity contribution in [3.05, 3.63) is 30.3 Å². The first kappa shape index (κ1) is 13.4. The molecule has 1 aromatic rings. The number of nitrogens with zero attached hydrogens (tertiary/aromatic N) is 3. The summed E-state index contributed by atoms with van der Waals surface area (Å²) in [4.78, 5) is 13.0. The third kappa shape index (κ3) is 2.86. The maximum absolute atomic E-state index is 11.6. The highest BCUT2D eigenvalue weighted by molar-refractivity contribution is 5.93. The van der Waals surface area contributed by atoms with Crippen LogP contribution in [0.25, 0.3) is 0 Å². The minimum Gasteiger partial charge on any atom is -0.393 e. The Labute approximate surface area is 113 Å². The van der Waals surface area contributed by atoms with Crippen molar-refractivity contribution in [2.45, 2.75) is 13.8 Å². The van der Waals surface area contributed by atoms with E-state index in [1.54, 1.807) is 14.1 Å². The second-order valence-electron chi connectivity index (χ2n) is 5.44. The maximum Gasteiger partial charge on any atom is 0.415 e. The van der Waals surface area contributed by atoms with Crippen LogP contribution in [0.1, 0.15) is 13.8 Å². The van der Waals surface area contributed by atoms with Crippen LogP contribution in [0.5, 0.6) is 0 Å². The van der Waals surface area contributed by atoms with E-state index in [1.165, 1.54) is 4.90 Å². The zero-order valence-electron chi connectivity index (χ0n) is 11.8. The van der Waals surface area contributed by atoms with Crippen molar-refractivity contribution in [3.8, 4) is 0 Å². The second kappa shape index (κ2) is 4.91. The maximum atomic E-state index is 11.6. The van der Waals surface area contributed by atoms with E-state index in [9.17, 15) is 4.79 Å². The molecule has 0 aromatic heterocycles. The molecule has 5 nitrogen and oxygen atoms in total. The molecule has 1 aliphatic heterocycles. The fourth-order valence-corrected chi connectivity index (χ4v) is 1.80. The number of hydrogen-bond donors (Lipinski definition) is 0. The van der Waals surface area contributed by atoms with Crippen molar-refractivity contribution >= 4 is 17.7 Å². The van der Waals surface area contributed by atoms with Gasteiger partial charge in [0.1, 0.15) is 0 Å². The molecule has 2 rings (SSSR count). The number of rotatable bonds is 1. The molecule has 19 heavy (non-hydrogen) atoms. The zero-order chi connectivity index (χ0) is 14.0. The fourth-order valence-electron chi connectivity index (χ4n) is 1.80. The molecule has 0 N–H and O–H groups in total. The Bertz CT molecular complexity index is 495. The third-order valence-corrected chi connectivity index (χ3v) is 2.94. The van der Waals surface area contributed by atoms with E-state index in [4.69, 9.17) is 4.74 Å². The van der Waals surface area contributed by atoms with Crippen molar-refractivity contribution in [2.75, 3.05) is 25.6 Å². The lowest BCUT2D eigenvalue weighted by atomic mass is 9.94. The van der Waals surface area contributed by atoms with Crippen LogP contribution in [0.3, 0.4) is 0 Å². The molecule has 0 saturated carbocycles. The molecule has 1 heterocycles. The van der Waals surface area contributed by atoms with E-state index in [-0.39, 0.29) is 5.41 Å². The van der Waals surface area contributed by atoms with Crippen LogP contribution in [0.2, 0.25) is 0 Å². The Hall–Kier alpha value is -2.04. The lowest BCUT2D eigenvalue weighted by Crippen LogP contribution is -2.33. The SMILES string of the molecule is CN(C)C(=O)OC1=NN(c2ccccc2)CC1(C)C. The smallest absolute Gasteiger partial charge is 0.393 e. The molecule has 0 spiro atoms. The number of amides is 1. The number of hydrazone groups is 1. The van der Waals surface area contributed by atoms with Gasteiger partial charge in [0.05, 0.1) is 17.6 Å². The highest BCUT2D eigenvalue weighted by atomic mass is 16.6. The third-order valence-electron chi connectivity index (χ3n) is 2.94. The minimum absolute atomic E-state index is 0.290. The summed E-state index contributed by atoms with van der Waals surface area (Å²) >= 11 is 0. The van der Waals surface area contributed by atoms with Gasteiger partial charge >= 0.3 is 6.09 Å². The molecule has 0 bridgehead atoms. The van der Waals surface area contributed by atoms with Crippen LogP contribution in [0, 0.1) is 5.41 Å². The number of anilines is 1. The average molecular weight is 261 g/mol. The van der Waals surface area contributed by atoms with Crippen LogP contribution >= 0.6 is 0 Å². The Balaban J connectivity index is 2.20. The molecule has 102 valence electrons. The molecule has 0 saturated heterocycles. The van der Waals surface area contributed by atoms with Crippen LogP contribution in [0.15, 0.2) is 35.4 Å². The van der Waals surface area contributed by atoms with Gasteiger partial charge in [-0.05, 0) is 26.0 Å². The zero-order valence-corrected chi connectivity index (χ0v) is 11.8. The summed E-state index contributed by atoms with van der Waals surface area (Å²) in [7, 11) is 3.31. The Morgan fingerprint density at radius 2 is 1.95 bits per heavy atom. The summed E-state index contributed by atoms with van der Waals surface area (Å²) in [6.45, 7) is 4.71. The lowest BCUT2D eigenvalue weighted by molar-refractivity contribution is 0.163. The first-order valence-corrected chi connectivity index (χ1v) is 6.21. The van der Waals surface area contributed by atoms with Crippen molar-refractivity contribution < 1.29 is 9.53 Å². The van der Waals surface area contributed by atoms with Gasteiger partial charge < -0.3 is 9.64 Å². The quantitative estimate of drug-likeness (QED) is 0.780. The Morgan fingerprint density at radius 3 is 2.53 bits per heavy atom. The van der Waals surface area contributed by atoms with E-state index in [0.717, 1.165) is 5.69 Å². The molecule has 1 amide bonds. The molecule has 1 aliphatic rings. The second-order valence-corrected chi connectivity index (χ2v) is 5.44. The summed E-state index contributed by atoms with van der Waals surface area (Å²) in [5, 5.41) is 6.27. The monoisotopic (exact) mass is 261 g/mol. The van der Waals surface area contributed by atoms with Crippen LogP contribution in [-0.4, -0.2) is 37.5 Å². The molecular formula is C14H19N3O2. The number of ether oxygens (including phenoxy) is 1. The van der Waals surface area contributed by atoms with Crippen LogP contribution < -0.4 is 5.01 Å². The molecule has 0 atom stereocenters. The molecule has 0 radical (unpaired) electrons. The Morgan fingerprint density at radius 1 is 1.32 bits per heavy atom. The standard InChI is InChI=1S/C14H19N3O2/c1-14(2)10-17(11-8-6-5-7-9-11)15-12(14)19-13(18)16(3)4/h5-9H,10H2,1-4H3. The van der Waals surface area contributed by atoms with Gasteiger partial charge in [0.2, 0.25) is 5.90 Å². The number of hydrogen-bond acceptors (Lipinski definition) is 4. The normalized spacial score (nSPS) is 17.1. The topological polar surface area (TPSA) is 45.1 Å². The number of benzene rings is 1. The summed E-state index contributed by atoms with van der Waals surface area (Å²) in [5.41, 5.74) is 0.702. The first-order valence-electron chi connectivity index (χ1n) is 6.21. The first-order chi connectivity index (χ1) is 8.90. The molecule has 0 unspecified atom stereocenters. The summed E-state index contributed by atoms with van der Waals surface area (Å²) < 4.78 is 5.34. The van der Waals surface area contributed by atoms with Crippen molar-refractivity contribution in [1.29, 1.82) is 0 Å². The highest BCUT2D eigenvalue weighted by Gasteiger charge is 2.38. The molecule has 5 heteroatoms. The van der Waals surface area contributed by atoms with Gasteiger partial charge in [-0.2, -0.15) is 0 Å². The van der Waals surface area contributed by atoms with E-state index in [1.807, 2.05) is 49.2 Å². The van der Waals surface area contributed by atoms with Crippen LogP contribution in [0.4, 0.5) is 10.5 Å². The fraction of sp³-hybridized carbons (Fsp3) is 0.429. The summed E-state index contributed by atoms with van der Waals surface area (Å²) in [6, 6.07) is 9.84. The van der Waals surface area contributed by atoms with Crippen molar-refractivity contribution in [1.82, 2.24) is 4.90 Å². The summed E-state index contributed by atoms with van der Waals surface area (Å²) in [6.07, 6.45) is -0.401. The van der Waals surface area contributed by atoms with Gasteiger partial charge in [-0.3, -0.25) is 5.01 Å². The highest BCUT2D eigenvalue weighted by Crippen LogP contribution is 2.31. The number of para-hydroxylation sites is 1. The predicted molar refractivity (Wildman–Crippen MR) is 75.2 cm³/mol. The van der Waals surface area contributed by atoms with E-state index < -0.39 is 6.09 Å². The van der Waals surface area contributed by atoms with Gasteiger partial charge in [0.15, 0.2) is 0 Å². The number of carbonyl (C=O) groups is 1.